The van der Waals surface area contributed by atoms with E-state index >= 15 is 0 Å². The Morgan fingerprint density at radius 1 is 1.00 bits per heavy atom. The van der Waals surface area contributed by atoms with E-state index in [-0.39, 0.29) is 37.4 Å². The molecule has 14 heteroatoms. The molecule has 3 heterocycles. The van der Waals surface area contributed by atoms with Gasteiger partial charge in [0.25, 0.3) is 0 Å². The standard InChI is InChI=1S/C39H52F2N4O7S/c1-25(42-5)36(46)44-35(39(2,3)4)38(47)45-13-10-26-6-7-29(22-28(26)23-45)51-20-18-49-16-17-50-19-21-52-34-30(8-9-31(40)33(34)41)32-24-53-37(43-32)27-11-14-48-15-12-27/h6-9,22,24-25,27,35,42H,10-21,23H2,1-5H3,(H,44,46)/t25-,35?/m0/s1. The van der Waals surface area contributed by atoms with Crippen LogP contribution in [0, 0.1) is 17.0 Å². The Bertz CT molecular complexity index is 1680. The number of rotatable bonds is 17. The van der Waals surface area contributed by atoms with Crippen molar-refractivity contribution in [2.24, 2.45) is 5.41 Å². The van der Waals surface area contributed by atoms with Gasteiger partial charge in [-0.25, -0.2) is 9.37 Å². The third-order valence-corrected chi connectivity index (χ3v) is 10.5. The fraction of sp³-hybridized carbons (Fsp3) is 0.564. The maximum atomic E-state index is 14.8. The van der Waals surface area contributed by atoms with Crippen molar-refractivity contribution in [2.45, 2.75) is 71.5 Å². The van der Waals surface area contributed by atoms with E-state index in [1.165, 1.54) is 17.4 Å². The summed E-state index contributed by atoms with van der Waals surface area (Å²) in [5.74, 6) is -1.55. The molecule has 0 spiro atoms. The van der Waals surface area contributed by atoms with Crippen LogP contribution in [-0.2, 0) is 36.8 Å². The van der Waals surface area contributed by atoms with Crippen molar-refractivity contribution < 1.29 is 42.1 Å². The average Bonchev–Trinajstić information content (AvgIpc) is 3.65. The number of aromatic nitrogens is 1. The highest BCUT2D eigenvalue weighted by Gasteiger charge is 2.37. The third-order valence-electron chi connectivity index (χ3n) is 9.49. The number of carbonyl (C=O) groups is 2. The fourth-order valence-electron chi connectivity index (χ4n) is 6.20. The van der Waals surface area contributed by atoms with Crippen LogP contribution in [0.2, 0.25) is 0 Å². The van der Waals surface area contributed by atoms with Crippen molar-refractivity contribution in [3.63, 3.8) is 0 Å². The lowest BCUT2D eigenvalue weighted by molar-refractivity contribution is -0.140. The first kappa shape index (κ1) is 40.5. The highest BCUT2D eigenvalue weighted by atomic mass is 32.1. The molecule has 0 saturated carbocycles. The first-order chi connectivity index (χ1) is 25.5. The molecule has 2 aromatic carbocycles. The van der Waals surface area contributed by atoms with E-state index in [2.05, 4.69) is 10.6 Å². The van der Waals surface area contributed by atoms with E-state index in [1.54, 1.807) is 18.9 Å². The van der Waals surface area contributed by atoms with Gasteiger partial charge in [0.1, 0.15) is 25.0 Å². The predicted octanol–water partition coefficient (Wildman–Crippen LogP) is 5.50. The molecule has 2 aliphatic heterocycles. The SMILES string of the molecule is CN[C@@H](C)C(=O)NC(C(=O)N1CCc2ccc(OCCOCCOCCOc3c(-c4csc(C5CCOCC5)n4)ccc(F)c3F)cc2C1)C(C)(C)C. The molecule has 0 aliphatic carbocycles. The van der Waals surface area contributed by atoms with Gasteiger partial charge in [0, 0.05) is 43.2 Å². The summed E-state index contributed by atoms with van der Waals surface area (Å²) in [7, 11) is 1.71. The van der Waals surface area contributed by atoms with Crippen LogP contribution in [-0.4, -0.2) is 100 Å². The van der Waals surface area contributed by atoms with E-state index in [0.29, 0.717) is 69.0 Å². The van der Waals surface area contributed by atoms with Crippen LogP contribution < -0.4 is 20.1 Å². The van der Waals surface area contributed by atoms with Crippen molar-refractivity contribution in [3.05, 3.63) is 63.5 Å². The van der Waals surface area contributed by atoms with Gasteiger partial charge in [-0.3, -0.25) is 9.59 Å². The molecule has 2 atom stereocenters. The molecule has 0 bridgehead atoms. The zero-order valence-electron chi connectivity index (χ0n) is 31.3. The fourth-order valence-corrected chi connectivity index (χ4v) is 7.19. The quantitative estimate of drug-likeness (QED) is 0.172. The largest absolute Gasteiger partial charge is 0.491 e. The average molecular weight is 759 g/mol. The number of fused-ring (bicyclic) bond motifs is 1. The smallest absolute Gasteiger partial charge is 0.246 e. The van der Waals surface area contributed by atoms with Gasteiger partial charge in [0.15, 0.2) is 11.6 Å². The number of hydrogen-bond donors (Lipinski definition) is 2. The van der Waals surface area contributed by atoms with E-state index in [0.717, 1.165) is 41.5 Å². The zero-order chi connectivity index (χ0) is 38.0. The van der Waals surface area contributed by atoms with Crippen LogP contribution >= 0.6 is 11.3 Å². The molecule has 2 N–H and O–H groups in total. The lowest BCUT2D eigenvalue weighted by Gasteiger charge is -2.37. The van der Waals surface area contributed by atoms with Crippen molar-refractivity contribution in [1.29, 1.82) is 0 Å². The van der Waals surface area contributed by atoms with Crippen molar-refractivity contribution in [1.82, 2.24) is 20.5 Å². The monoisotopic (exact) mass is 758 g/mol. The molecule has 1 unspecified atom stereocenters. The molecule has 290 valence electrons. The van der Waals surface area contributed by atoms with Gasteiger partial charge in [-0.2, -0.15) is 4.39 Å². The normalized spacial score (nSPS) is 16.2. The van der Waals surface area contributed by atoms with Gasteiger partial charge < -0.3 is 39.2 Å². The van der Waals surface area contributed by atoms with Crippen LogP contribution in [0.5, 0.6) is 11.5 Å². The number of carbonyl (C=O) groups excluding carboxylic acids is 2. The minimum atomic E-state index is -1.05. The molecule has 2 amide bonds. The zero-order valence-corrected chi connectivity index (χ0v) is 32.1. The maximum Gasteiger partial charge on any atom is 0.246 e. The molecular formula is C39H52F2N4O7S. The summed E-state index contributed by atoms with van der Waals surface area (Å²) < 4.78 is 57.2. The Balaban J connectivity index is 1.01. The number of nitrogens with zero attached hydrogens (tertiary/aromatic N) is 2. The van der Waals surface area contributed by atoms with Crippen molar-refractivity contribution in [3.8, 4) is 22.8 Å². The number of halogens is 2. The number of nitrogens with one attached hydrogen (secondary N) is 2. The molecule has 1 fully saturated rings. The van der Waals surface area contributed by atoms with Gasteiger partial charge in [-0.15, -0.1) is 11.3 Å². The van der Waals surface area contributed by atoms with E-state index in [4.69, 9.17) is 28.7 Å². The molecule has 53 heavy (non-hydrogen) atoms. The number of thiazole rings is 1. The van der Waals surface area contributed by atoms with Crippen LogP contribution in [0.4, 0.5) is 8.78 Å². The maximum absolute atomic E-state index is 14.8. The summed E-state index contributed by atoms with van der Waals surface area (Å²) in [6.07, 6.45) is 2.50. The number of ether oxygens (including phenoxy) is 5. The second-order valence-electron chi connectivity index (χ2n) is 14.4. The summed E-state index contributed by atoms with van der Waals surface area (Å²) in [6, 6.07) is 7.42. The minimum Gasteiger partial charge on any atom is -0.491 e. The predicted molar refractivity (Wildman–Crippen MR) is 198 cm³/mol. The second kappa shape index (κ2) is 19.1. The summed E-state index contributed by atoms with van der Waals surface area (Å²) in [5.41, 5.74) is 2.67. The Kier molecular flexibility index (Phi) is 14.6. The number of benzene rings is 2. The van der Waals surface area contributed by atoms with Crippen molar-refractivity contribution >= 4 is 23.2 Å². The Hall–Kier alpha value is -3.69. The molecule has 11 nitrogen and oxygen atoms in total. The summed E-state index contributed by atoms with van der Waals surface area (Å²) in [4.78, 5) is 32.8. The topological polar surface area (TPSA) is 120 Å². The van der Waals surface area contributed by atoms with Gasteiger partial charge in [-0.1, -0.05) is 26.8 Å². The third kappa shape index (κ3) is 10.9. The van der Waals surface area contributed by atoms with E-state index in [1.807, 2.05) is 44.4 Å². The van der Waals surface area contributed by atoms with Crippen molar-refractivity contribution in [2.75, 3.05) is 66.4 Å². The van der Waals surface area contributed by atoms with Crippen LogP contribution in [0.3, 0.4) is 0 Å². The first-order valence-corrected chi connectivity index (χ1v) is 19.1. The molecule has 3 aromatic rings. The van der Waals surface area contributed by atoms with Crippen LogP contribution in [0.1, 0.15) is 62.6 Å². The number of likely N-dealkylation sites (N-methyl/N-ethyl adjacent to an activating group) is 1. The van der Waals surface area contributed by atoms with Gasteiger partial charge >= 0.3 is 0 Å². The second-order valence-corrected chi connectivity index (χ2v) is 15.3. The minimum absolute atomic E-state index is 0.0236. The van der Waals surface area contributed by atoms with Crippen LogP contribution in [0.15, 0.2) is 35.7 Å². The summed E-state index contributed by atoms with van der Waals surface area (Å²) in [5, 5.41) is 8.69. The Morgan fingerprint density at radius 3 is 2.40 bits per heavy atom. The van der Waals surface area contributed by atoms with E-state index < -0.39 is 29.1 Å². The van der Waals surface area contributed by atoms with Gasteiger partial charge in [0.05, 0.1) is 43.2 Å². The Morgan fingerprint density at radius 2 is 1.70 bits per heavy atom. The number of amides is 2. The molecule has 5 rings (SSSR count). The highest BCUT2D eigenvalue weighted by Crippen LogP contribution is 2.37. The van der Waals surface area contributed by atoms with Crippen LogP contribution in [0.25, 0.3) is 11.3 Å². The molecule has 1 aromatic heterocycles. The lowest BCUT2D eigenvalue weighted by atomic mass is 9.85. The molecule has 0 radical (unpaired) electrons. The Labute approximate surface area is 314 Å². The van der Waals surface area contributed by atoms with Gasteiger partial charge in [0.2, 0.25) is 17.6 Å². The molecule has 1 saturated heterocycles. The highest BCUT2D eigenvalue weighted by molar-refractivity contribution is 7.10. The van der Waals surface area contributed by atoms with Gasteiger partial charge in [-0.05, 0) is 74.0 Å². The first-order valence-electron chi connectivity index (χ1n) is 18.3. The molecular weight excluding hydrogens is 707 g/mol. The summed E-state index contributed by atoms with van der Waals surface area (Å²) >= 11 is 1.51. The molecule has 2 aliphatic rings. The lowest BCUT2D eigenvalue weighted by Crippen LogP contribution is -2.57. The van der Waals surface area contributed by atoms with E-state index in [9.17, 15) is 18.4 Å². The number of hydrogen-bond acceptors (Lipinski definition) is 10. The summed E-state index contributed by atoms with van der Waals surface area (Å²) in [6.45, 7) is 11.4.